The highest BCUT2D eigenvalue weighted by atomic mass is 32.2. The maximum atomic E-state index is 12.0. The monoisotopic (exact) mass is 262 g/mol. The summed E-state index contributed by atoms with van der Waals surface area (Å²) in [4.78, 5) is 4.29. The Hall–Kier alpha value is -1.72. The van der Waals surface area contributed by atoms with Crippen LogP contribution in [-0.2, 0) is 10.0 Å². The van der Waals surface area contributed by atoms with Gasteiger partial charge < -0.3 is 0 Å². The van der Waals surface area contributed by atoms with Crippen molar-refractivity contribution in [2.45, 2.75) is 4.90 Å². The summed E-state index contributed by atoms with van der Waals surface area (Å²) in [5, 5.41) is 0. The molecule has 0 bridgehead atoms. The third kappa shape index (κ3) is 2.42. The number of sulfonamides is 1. The molecule has 0 amide bonds. The lowest BCUT2D eigenvalue weighted by atomic mass is 10.1. The van der Waals surface area contributed by atoms with Crippen molar-refractivity contribution in [3.8, 4) is 0 Å². The van der Waals surface area contributed by atoms with Gasteiger partial charge in [0.15, 0.2) is 0 Å². The number of hydrogen-bond donors (Lipinski definition) is 0. The van der Waals surface area contributed by atoms with E-state index in [-0.39, 0.29) is 4.90 Å². The van der Waals surface area contributed by atoms with Gasteiger partial charge in [-0.3, -0.25) is 4.99 Å². The van der Waals surface area contributed by atoms with Crippen molar-refractivity contribution in [1.82, 2.24) is 4.31 Å². The van der Waals surface area contributed by atoms with Crippen LogP contribution >= 0.6 is 0 Å². The lowest BCUT2D eigenvalue weighted by Gasteiger charge is -2.13. The molecule has 0 aromatic heterocycles. The highest BCUT2D eigenvalue weighted by Crippen LogP contribution is 2.21. The molecule has 1 aromatic carbocycles. The van der Waals surface area contributed by atoms with Crippen LogP contribution in [-0.4, -0.2) is 33.0 Å². The van der Waals surface area contributed by atoms with E-state index >= 15 is 0 Å². The zero-order valence-electron chi connectivity index (χ0n) is 10.2. The highest BCUT2D eigenvalue weighted by Gasteiger charge is 2.17. The number of aliphatic imine (C=N–C) groups is 1. The van der Waals surface area contributed by atoms with Crippen LogP contribution in [0.15, 0.2) is 40.4 Å². The minimum Gasteiger partial charge on any atom is -0.265 e. The fourth-order valence-corrected chi connectivity index (χ4v) is 2.53. The van der Waals surface area contributed by atoms with E-state index in [1.54, 1.807) is 36.7 Å². The molecular formula is C13H14N2O2S. The van der Waals surface area contributed by atoms with Gasteiger partial charge >= 0.3 is 0 Å². The maximum absolute atomic E-state index is 12.0. The molecule has 0 saturated carbocycles. The van der Waals surface area contributed by atoms with Crippen LogP contribution in [0.25, 0.3) is 12.2 Å². The molecule has 0 unspecified atom stereocenters. The topological polar surface area (TPSA) is 49.7 Å². The molecule has 0 spiro atoms. The van der Waals surface area contributed by atoms with Gasteiger partial charge in [-0.1, -0.05) is 12.1 Å². The molecule has 1 aliphatic rings. The van der Waals surface area contributed by atoms with Gasteiger partial charge in [0.2, 0.25) is 10.0 Å². The van der Waals surface area contributed by atoms with Crippen LogP contribution < -0.4 is 0 Å². The second-order valence-corrected chi connectivity index (χ2v) is 6.20. The van der Waals surface area contributed by atoms with Crippen LogP contribution in [0.4, 0.5) is 0 Å². The van der Waals surface area contributed by atoms with Gasteiger partial charge in [-0.15, -0.1) is 0 Å². The molecule has 0 saturated heterocycles. The Bertz CT molecular complexity index is 641. The lowest BCUT2D eigenvalue weighted by molar-refractivity contribution is 0.520. The molecule has 1 aromatic rings. The fraction of sp³-hybridized carbons (Fsp3) is 0.154. The molecule has 18 heavy (non-hydrogen) atoms. The summed E-state index contributed by atoms with van der Waals surface area (Å²) in [6.45, 7) is 0. The van der Waals surface area contributed by atoms with E-state index < -0.39 is 10.0 Å². The van der Waals surface area contributed by atoms with Gasteiger partial charge in [0.1, 0.15) is 0 Å². The van der Waals surface area contributed by atoms with Crippen LogP contribution in [0.1, 0.15) is 11.1 Å². The predicted octanol–water partition coefficient (Wildman–Crippen LogP) is 2.01. The first-order valence-corrected chi connectivity index (χ1v) is 6.89. The first kappa shape index (κ1) is 12.7. The van der Waals surface area contributed by atoms with Crippen molar-refractivity contribution < 1.29 is 8.42 Å². The van der Waals surface area contributed by atoms with Gasteiger partial charge in [0.25, 0.3) is 0 Å². The summed E-state index contributed by atoms with van der Waals surface area (Å²) < 4.78 is 25.3. The van der Waals surface area contributed by atoms with E-state index in [9.17, 15) is 8.42 Å². The number of nitrogens with zero attached hydrogens (tertiary/aromatic N) is 2. The highest BCUT2D eigenvalue weighted by molar-refractivity contribution is 7.89. The van der Waals surface area contributed by atoms with E-state index in [0.29, 0.717) is 0 Å². The van der Waals surface area contributed by atoms with Gasteiger partial charge in [0, 0.05) is 26.5 Å². The molecular weight excluding hydrogens is 248 g/mol. The minimum atomic E-state index is -3.39. The smallest absolute Gasteiger partial charge is 0.242 e. The van der Waals surface area contributed by atoms with Gasteiger partial charge in [-0.2, -0.15) is 0 Å². The predicted molar refractivity (Wildman–Crippen MR) is 73.9 cm³/mol. The summed E-state index contributed by atoms with van der Waals surface area (Å²) in [5.41, 5.74) is 1.81. The third-order valence-electron chi connectivity index (χ3n) is 2.62. The number of benzene rings is 1. The van der Waals surface area contributed by atoms with E-state index in [1.165, 1.54) is 18.4 Å². The van der Waals surface area contributed by atoms with Gasteiger partial charge in [-0.25, -0.2) is 12.7 Å². The van der Waals surface area contributed by atoms with Crippen molar-refractivity contribution in [2.75, 3.05) is 14.1 Å². The molecule has 5 heteroatoms. The molecule has 0 radical (unpaired) electrons. The zero-order valence-corrected chi connectivity index (χ0v) is 11.1. The second kappa shape index (κ2) is 4.88. The quantitative estimate of drug-likeness (QED) is 0.818. The van der Waals surface area contributed by atoms with Crippen molar-refractivity contribution in [3.63, 3.8) is 0 Å². The SMILES string of the molecule is CN(C)S(=O)(=O)c1ccc2c(c1)C=CN=CC=C2. The van der Waals surface area contributed by atoms with Crippen molar-refractivity contribution in [2.24, 2.45) is 4.99 Å². The Morgan fingerprint density at radius 3 is 2.61 bits per heavy atom. The maximum Gasteiger partial charge on any atom is 0.242 e. The largest absolute Gasteiger partial charge is 0.265 e. The average molecular weight is 262 g/mol. The van der Waals surface area contributed by atoms with Crippen molar-refractivity contribution >= 4 is 28.4 Å². The Balaban J connectivity index is 2.55. The average Bonchev–Trinajstić information content (AvgIpc) is 2.29. The minimum absolute atomic E-state index is 0.286. The second-order valence-electron chi connectivity index (χ2n) is 4.05. The molecule has 0 aliphatic carbocycles. The van der Waals surface area contributed by atoms with Crippen LogP contribution in [0, 0.1) is 0 Å². The normalized spacial score (nSPS) is 14.4. The summed E-state index contributed by atoms with van der Waals surface area (Å²) in [6, 6.07) is 5.07. The van der Waals surface area contributed by atoms with Crippen molar-refractivity contribution in [1.29, 1.82) is 0 Å². The first-order valence-electron chi connectivity index (χ1n) is 5.45. The summed E-state index contributed by atoms with van der Waals surface area (Å²) >= 11 is 0. The fourth-order valence-electron chi connectivity index (χ4n) is 1.59. The van der Waals surface area contributed by atoms with Crippen molar-refractivity contribution in [3.05, 3.63) is 41.6 Å². The molecule has 4 nitrogen and oxygen atoms in total. The first-order chi connectivity index (χ1) is 8.51. The molecule has 0 atom stereocenters. The van der Waals surface area contributed by atoms with E-state index in [0.717, 1.165) is 11.1 Å². The summed E-state index contributed by atoms with van der Waals surface area (Å²) in [7, 11) is -0.355. The lowest BCUT2D eigenvalue weighted by Crippen LogP contribution is -2.22. The Morgan fingerprint density at radius 1 is 1.11 bits per heavy atom. The van der Waals surface area contributed by atoms with E-state index in [1.807, 2.05) is 12.2 Å². The van der Waals surface area contributed by atoms with Gasteiger partial charge in [0.05, 0.1) is 4.90 Å². The molecule has 1 heterocycles. The Labute approximate surface area is 107 Å². The summed E-state index contributed by atoms with van der Waals surface area (Å²) in [5.74, 6) is 0. The van der Waals surface area contributed by atoms with Crippen LogP contribution in [0.2, 0.25) is 0 Å². The summed E-state index contributed by atoms with van der Waals surface area (Å²) in [6.07, 6.45) is 8.85. The van der Waals surface area contributed by atoms with Gasteiger partial charge in [-0.05, 0) is 35.4 Å². The zero-order chi connectivity index (χ0) is 13.2. The number of rotatable bonds is 2. The molecule has 1 aliphatic heterocycles. The van der Waals surface area contributed by atoms with E-state index in [4.69, 9.17) is 0 Å². The third-order valence-corrected chi connectivity index (χ3v) is 4.44. The standard InChI is InChI=1S/C13H14N2O2S/c1-15(2)18(16,17)13-6-5-11-4-3-8-14-9-7-12(11)10-13/h3-10H,1-2H3. The van der Waals surface area contributed by atoms with Crippen LogP contribution in [0.5, 0.6) is 0 Å². The number of fused-ring (bicyclic) bond motifs is 1. The number of allylic oxidation sites excluding steroid dienone is 1. The molecule has 0 fully saturated rings. The Morgan fingerprint density at radius 2 is 1.89 bits per heavy atom. The Kier molecular flexibility index (Phi) is 3.45. The molecule has 2 rings (SSSR count). The number of hydrogen-bond acceptors (Lipinski definition) is 3. The molecule has 94 valence electrons. The molecule has 0 N–H and O–H groups in total. The van der Waals surface area contributed by atoms with Crippen LogP contribution in [0.3, 0.4) is 0 Å². The van der Waals surface area contributed by atoms with E-state index in [2.05, 4.69) is 4.99 Å².